The SMILES string of the molecule is CN(C)c1cccc(C2(c3ccccc3)C=Cc3c(-c4cnco4)n[nH]c3C2)c1. The Bertz CT molecular complexity index is 1160. The molecule has 0 spiro atoms. The van der Waals surface area contributed by atoms with Crippen molar-refractivity contribution in [3.63, 3.8) is 0 Å². The molecule has 1 atom stereocenters. The molecule has 144 valence electrons. The van der Waals surface area contributed by atoms with E-state index >= 15 is 0 Å². The van der Waals surface area contributed by atoms with Gasteiger partial charge in [0, 0.05) is 42.9 Å². The van der Waals surface area contributed by atoms with Crippen LogP contribution in [0.15, 0.2) is 77.7 Å². The number of anilines is 1. The van der Waals surface area contributed by atoms with E-state index < -0.39 is 0 Å². The quantitative estimate of drug-likeness (QED) is 0.556. The second-order valence-corrected chi connectivity index (χ2v) is 7.62. The number of hydrogen-bond donors (Lipinski definition) is 1. The molecule has 1 aliphatic rings. The van der Waals surface area contributed by atoms with Crippen LogP contribution in [0.4, 0.5) is 5.69 Å². The van der Waals surface area contributed by atoms with E-state index in [2.05, 4.69) is 101 Å². The molecule has 5 rings (SSSR count). The van der Waals surface area contributed by atoms with Gasteiger partial charge in [0.25, 0.3) is 0 Å². The number of oxazole rings is 1. The van der Waals surface area contributed by atoms with Crippen LogP contribution >= 0.6 is 0 Å². The topological polar surface area (TPSA) is 58.0 Å². The third-order valence-electron chi connectivity index (χ3n) is 5.71. The Kier molecular flexibility index (Phi) is 4.09. The van der Waals surface area contributed by atoms with Crippen molar-refractivity contribution >= 4 is 11.8 Å². The van der Waals surface area contributed by atoms with Gasteiger partial charge in [-0.2, -0.15) is 5.10 Å². The van der Waals surface area contributed by atoms with Crippen LogP contribution in [0.3, 0.4) is 0 Å². The molecule has 4 aromatic rings. The number of benzene rings is 2. The molecule has 2 aromatic heterocycles. The van der Waals surface area contributed by atoms with Gasteiger partial charge in [-0.3, -0.25) is 5.10 Å². The molecule has 5 heteroatoms. The van der Waals surface area contributed by atoms with E-state index in [0.29, 0.717) is 5.76 Å². The molecular weight excluding hydrogens is 360 g/mol. The predicted molar refractivity (Wildman–Crippen MR) is 115 cm³/mol. The number of rotatable bonds is 4. The first-order chi connectivity index (χ1) is 14.2. The lowest BCUT2D eigenvalue weighted by atomic mass is 9.68. The summed E-state index contributed by atoms with van der Waals surface area (Å²) in [5.74, 6) is 0.675. The number of nitrogens with one attached hydrogen (secondary N) is 1. The van der Waals surface area contributed by atoms with Gasteiger partial charge in [0.1, 0.15) is 5.69 Å². The summed E-state index contributed by atoms with van der Waals surface area (Å²) in [5.41, 5.74) is 6.39. The average Bonchev–Trinajstić information content (AvgIpc) is 3.43. The van der Waals surface area contributed by atoms with Crippen molar-refractivity contribution in [1.29, 1.82) is 0 Å². The second kappa shape index (κ2) is 6.78. The molecule has 5 nitrogen and oxygen atoms in total. The van der Waals surface area contributed by atoms with Gasteiger partial charge in [-0.25, -0.2) is 4.98 Å². The van der Waals surface area contributed by atoms with E-state index in [-0.39, 0.29) is 5.41 Å². The Morgan fingerprint density at radius 2 is 1.86 bits per heavy atom. The zero-order valence-electron chi connectivity index (χ0n) is 16.5. The number of allylic oxidation sites excluding steroid dienone is 1. The van der Waals surface area contributed by atoms with Gasteiger partial charge in [0.15, 0.2) is 12.2 Å². The highest BCUT2D eigenvalue weighted by molar-refractivity contribution is 5.74. The van der Waals surface area contributed by atoms with Crippen LogP contribution in [0.25, 0.3) is 17.5 Å². The maximum Gasteiger partial charge on any atom is 0.181 e. The summed E-state index contributed by atoms with van der Waals surface area (Å²) in [7, 11) is 4.14. The van der Waals surface area contributed by atoms with Gasteiger partial charge >= 0.3 is 0 Å². The fourth-order valence-electron chi connectivity index (χ4n) is 4.15. The number of H-pyrrole nitrogens is 1. The molecule has 0 bridgehead atoms. The summed E-state index contributed by atoms with van der Waals surface area (Å²) in [6.45, 7) is 0. The zero-order chi connectivity index (χ0) is 19.8. The van der Waals surface area contributed by atoms with E-state index in [1.807, 2.05) is 0 Å². The van der Waals surface area contributed by atoms with Gasteiger partial charge in [-0.1, -0.05) is 54.6 Å². The van der Waals surface area contributed by atoms with Crippen molar-refractivity contribution in [1.82, 2.24) is 15.2 Å². The zero-order valence-corrected chi connectivity index (χ0v) is 16.5. The van der Waals surface area contributed by atoms with Crippen LogP contribution in [0.2, 0.25) is 0 Å². The summed E-state index contributed by atoms with van der Waals surface area (Å²) in [5, 5.41) is 7.77. The summed E-state index contributed by atoms with van der Waals surface area (Å²) in [6.07, 6.45) is 8.39. The highest BCUT2D eigenvalue weighted by atomic mass is 16.3. The summed E-state index contributed by atoms with van der Waals surface area (Å²) in [4.78, 5) is 6.17. The molecule has 1 unspecified atom stereocenters. The summed E-state index contributed by atoms with van der Waals surface area (Å²) >= 11 is 0. The van der Waals surface area contributed by atoms with E-state index in [0.717, 1.165) is 23.4 Å². The van der Waals surface area contributed by atoms with E-state index in [4.69, 9.17) is 4.42 Å². The van der Waals surface area contributed by atoms with E-state index in [9.17, 15) is 0 Å². The van der Waals surface area contributed by atoms with Crippen molar-refractivity contribution in [2.75, 3.05) is 19.0 Å². The maximum atomic E-state index is 5.47. The fourth-order valence-corrected chi connectivity index (χ4v) is 4.15. The highest BCUT2D eigenvalue weighted by Gasteiger charge is 2.37. The molecule has 0 aliphatic heterocycles. The highest BCUT2D eigenvalue weighted by Crippen LogP contribution is 2.43. The minimum absolute atomic E-state index is 0.272. The molecule has 2 heterocycles. The Balaban J connectivity index is 1.67. The van der Waals surface area contributed by atoms with Gasteiger partial charge in [-0.15, -0.1) is 0 Å². The fraction of sp³-hybridized carbons (Fsp3) is 0.167. The normalized spacial score (nSPS) is 17.9. The van der Waals surface area contributed by atoms with Crippen LogP contribution in [-0.4, -0.2) is 29.3 Å². The largest absolute Gasteiger partial charge is 0.442 e. The number of aromatic amines is 1. The van der Waals surface area contributed by atoms with Crippen LogP contribution in [0, 0.1) is 0 Å². The molecule has 2 aromatic carbocycles. The van der Waals surface area contributed by atoms with Gasteiger partial charge in [0.2, 0.25) is 0 Å². The van der Waals surface area contributed by atoms with Crippen molar-refractivity contribution in [3.05, 3.63) is 95.6 Å². The van der Waals surface area contributed by atoms with Gasteiger partial charge in [0.05, 0.1) is 6.20 Å². The van der Waals surface area contributed by atoms with Crippen molar-refractivity contribution in [3.8, 4) is 11.5 Å². The van der Waals surface area contributed by atoms with E-state index in [1.165, 1.54) is 23.2 Å². The van der Waals surface area contributed by atoms with Crippen molar-refractivity contribution in [2.24, 2.45) is 0 Å². The van der Waals surface area contributed by atoms with Crippen LogP contribution in [0.5, 0.6) is 0 Å². The molecular formula is C24H22N4O. The third kappa shape index (κ3) is 2.86. The molecule has 0 radical (unpaired) electrons. The predicted octanol–water partition coefficient (Wildman–Crippen LogP) is 4.69. The minimum atomic E-state index is -0.272. The monoisotopic (exact) mass is 382 g/mol. The van der Waals surface area contributed by atoms with Crippen LogP contribution < -0.4 is 4.90 Å². The Hall–Kier alpha value is -3.60. The number of aromatic nitrogens is 3. The summed E-state index contributed by atoms with van der Waals surface area (Å²) in [6, 6.07) is 19.4. The Labute approximate surface area is 169 Å². The molecule has 1 aliphatic carbocycles. The molecule has 1 N–H and O–H groups in total. The second-order valence-electron chi connectivity index (χ2n) is 7.62. The van der Waals surface area contributed by atoms with Crippen molar-refractivity contribution < 1.29 is 4.42 Å². The molecule has 0 saturated carbocycles. The molecule has 0 saturated heterocycles. The van der Waals surface area contributed by atoms with Gasteiger partial charge in [-0.05, 0) is 23.3 Å². The first-order valence-corrected chi connectivity index (χ1v) is 9.66. The number of fused-ring (bicyclic) bond motifs is 1. The van der Waals surface area contributed by atoms with Crippen LogP contribution in [-0.2, 0) is 11.8 Å². The number of nitrogens with zero attached hydrogens (tertiary/aromatic N) is 3. The lowest BCUT2D eigenvalue weighted by Gasteiger charge is -2.35. The number of hydrogen-bond acceptors (Lipinski definition) is 4. The van der Waals surface area contributed by atoms with E-state index in [1.54, 1.807) is 6.20 Å². The lowest BCUT2D eigenvalue weighted by molar-refractivity contribution is 0.569. The smallest absolute Gasteiger partial charge is 0.181 e. The lowest BCUT2D eigenvalue weighted by Crippen LogP contribution is -2.30. The standard InChI is InChI=1S/C24H22N4O/c1-28(2)19-10-6-9-18(13-19)24(17-7-4-3-5-8-17)12-11-20-21(14-24)26-27-23(20)22-15-25-16-29-22/h3-13,15-16H,14H2,1-2H3,(H,26,27). The van der Waals surface area contributed by atoms with Crippen LogP contribution in [0.1, 0.15) is 22.4 Å². The maximum absolute atomic E-state index is 5.47. The summed E-state index contributed by atoms with van der Waals surface area (Å²) < 4.78 is 5.47. The van der Waals surface area contributed by atoms with Gasteiger partial charge < -0.3 is 9.32 Å². The minimum Gasteiger partial charge on any atom is -0.442 e. The van der Waals surface area contributed by atoms with Crippen molar-refractivity contribution in [2.45, 2.75) is 11.8 Å². The first kappa shape index (κ1) is 17.5. The molecule has 29 heavy (non-hydrogen) atoms. The molecule has 0 fully saturated rings. The Morgan fingerprint density at radius 3 is 2.62 bits per heavy atom. The average molecular weight is 382 g/mol. The first-order valence-electron chi connectivity index (χ1n) is 9.66. The molecule has 0 amide bonds. The third-order valence-corrected chi connectivity index (χ3v) is 5.71. The Morgan fingerprint density at radius 1 is 1.03 bits per heavy atom.